The Morgan fingerprint density at radius 3 is 2.19 bits per heavy atom. The van der Waals surface area contributed by atoms with Crippen molar-refractivity contribution in [3.05, 3.63) is 11.5 Å². The Morgan fingerprint density at radius 2 is 1.63 bits per heavy atom. The summed E-state index contributed by atoms with van der Waals surface area (Å²) < 4.78 is 9.91. The predicted octanol–water partition coefficient (Wildman–Crippen LogP) is 4.83. The second-order valence-electron chi connectivity index (χ2n) is 8.31. The first-order valence-corrected chi connectivity index (χ1v) is 10.2. The molecule has 3 unspecified atom stereocenters. The van der Waals surface area contributed by atoms with Gasteiger partial charge in [0.05, 0.1) is 6.61 Å². The SMILES string of the molecule is CC(C)CCCC(C)CCCC(C)CC(=O)OCCC1OC(=O)C(O)=C1O. The van der Waals surface area contributed by atoms with Crippen LogP contribution < -0.4 is 0 Å². The summed E-state index contributed by atoms with van der Waals surface area (Å²) in [7, 11) is 0. The fraction of sp³-hybridized carbons (Fsp3) is 0.810. The van der Waals surface area contributed by atoms with Gasteiger partial charge in [0.2, 0.25) is 5.76 Å². The van der Waals surface area contributed by atoms with E-state index < -0.39 is 23.6 Å². The summed E-state index contributed by atoms with van der Waals surface area (Å²) in [6.45, 7) is 8.91. The lowest BCUT2D eigenvalue weighted by Gasteiger charge is -2.15. The van der Waals surface area contributed by atoms with Crippen LogP contribution in [-0.2, 0) is 19.1 Å². The van der Waals surface area contributed by atoms with Crippen LogP contribution in [0.5, 0.6) is 0 Å². The van der Waals surface area contributed by atoms with Gasteiger partial charge in [-0.15, -0.1) is 0 Å². The molecular formula is C21H36O6. The molecule has 0 fully saturated rings. The van der Waals surface area contributed by atoms with Gasteiger partial charge in [-0.1, -0.05) is 66.2 Å². The first-order valence-electron chi connectivity index (χ1n) is 10.2. The first-order chi connectivity index (χ1) is 12.7. The second kappa shape index (κ2) is 11.9. The minimum absolute atomic E-state index is 0.0354. The van der Waals surface area contributed by atoms with E-state index in [0.29, 0.717) is 6.42 Å². The van der Waals surface area contributed by atoms with E-state index >= 15 is 0 Å². The van der Waals surface area contributed by atoms with Crippen LogP contribution in [0.4, 0.5) is 0 Å². The average molecular weight is 385 g/mol. The summed E-state index contributed by atoms with van der Waals surface area (Å²) in [6.07, 6.45) is 6.74. The summed E-state index contributed by atoms with van der Waals surface area (Å²) >= 11 is 0. The maximum atomic E-state index is 11.9. The minimum Gasteiger partial charge on any atom is -0.505 e. The Balaban J connectivity index is 2.10. The Labute approximate surface area is 162 Å². The molecular weight excluding hydrogens is 348 g/mol. The van der Waals surface area contributed by atoms with Gasteiger partial charge in [-0.3, -0.25) is 4.79 Å². The number of hydrogen-bond acceptors (Lipinski definition) is 6. The summed E-state index contributed by atoms with van der Waals surface area (Å²) in [4.78, 5) is 23.0. The summed E-state index contributed by atoms with van der Waals surface area (Å²) in [5.41, 5.74) is 0. The minimum atomic E-state index is -0.948. The van der Waals surface area contributed by atoms with Gasteiger partial charge >= 0.3 is 11.9 Å². The Bertz CT molecular complexity index is 511. The third kappa shape index (κ3) is 9.16. The van der Waals surface area contributed by atoms with Crippen molar-refractivity contribution in [2.75, 3.05) is 6.61 Å². The average Bonchev–Trinajstić information content (AvgIpc) is 2.81. The fourth-order valence-electron chi connectivity index (χ4n) is 3.25. The van der Waals surface area contributed by atoms with Crippen molar-refractivity contribution < 1.29 is 29.3 Å². The molecule has 0 bridgehead atoms. The van der Waals surface area contributed by atoms with Gasteiger partial charge in [0.1, 0.15) is 0 Å². The smallest absolute Gasteiger partial charge is 0.377 e. The maximum absolute atomic E-state index is 11.9. The quantitative estimate of drug-likeness (QED) is 0.442. The summed E-state index contributed by atoms with van der Waals surface area (Å²) in [5, 5.41) is 18.7. The van der Waals surface area contributed by atoms with Crippen LogP contribution in [0.1, 0.15) is 79.1 Å². The molecule has 0 saturated carbocycles. The lowest BCUT2D eigenvalue weighted by Crippen LogP contribution is -2.17. The van der Waals surface area contributed by atoms with Crippen molar-refractivity contribution in [3.63, 3.8) is 0 Å². The molecule has 0 aliphatic carbocycles. The summed E-state index contributed by atoms with van der Waals surface area (Å²) in [6, 6.07) is 0. The van der Waals surface area contributed by atoms with Crippen LogP contribution in [0, 0.1) is 17.8 Å². The highest BCUT2D eigenvalue weighted by Crippen LogP contribution is 2.22. The molecule has 0 amide bonds. The zero-order valence-corrected chi connectivity index (χ0v) is 17.2. The number of aliphatic hydroxyl groups is 2. The van der Waals surface area contributed by atoms with Crippen LogP contribution in [-0.4, -0.2) is 34.9 Å². The van der Waals surface area contributed by atoms with Crippen LogP contribution in [0.25, 0.3) is 0 Å². The number of hydrogen-bond donors (Lipinski definition) is 2. The monoisotopic (exact) mass is 384 g/mol. The van der Waals surface area contributed by atoms with E-state index in [1.807, 2.05) is 0 Å². The van der Waals surface area contributed by atoms with E-state index in [4.69, 9.17) is 9.47 Å². The molecule has 0 radical (unpaired) electrons. The molecule has 0 aromatic heterocycles. The third-order valence-corrected chi connectivity index (χ3v) is 5.02. The summed E-state index contributed by atoms with van der Waals surface area (Å²) in [5.74, 6) is -0.725. The number of esters is 2. The second-order valence-corrected chi connectivity index (χ2v) is 8.31. The normalized spacial score (nSPS) is 19.3. The highest BCUT2D eigenvalue weighted by atomic mass is 16.6. The molecule has 1 aliphatic rings. The van der Waals surface area contributed by atoms with Crippen LogP contribution in [0.15, 0.2) is 11.5 Å². The largest absolute Gasteiger partial charge is 0.505 e. The molecule has 0 aromatic carbocycles. The van der Waals surface area contributed by atoms with E-state index in [0.717, 1.165) is 24.7 Å². The standard InChI is InChI=1S/C21H36O6/c1-14(2)7-5-8-15(3)9-6-10-16(4)13-18(22)26-12-11-17-19(23)20(24)21(25)27-17/h14-17,23-24H,5-13H2,1-4H3. The van der Waals surface area contributed by atoms with Gasteiger partial charge in [0.25, 0.3) is 0 Å². The lowest BCUT2D eigenvalue weighted by molar-refractivity contribution is -0.147. The van der Waals surface area contributed by atoms with E-state index in [1.54, 1.807) is 0 Å². The Hall–Kier alpha value is -1.72. The molecule has 6 heteroatoms. The number of rotatable bonds is 13. The zero-order valence-electron chi connectivity index (χ0n) is 17.2. The predicted molar refractivity (Wildman–Crippen MR) is 103 cm³/mol. The number of carbonyl (C=O) groups excluding carboxylic acids is 2. The molecule has 156 valence electrons. The van der Waals surface area contributed by atoms with E-state index in [1.165, 1.54) is 25.7 Å². The van der Waals surface area contributed by atoms with E-state index in [2.05, 4.69) is 27.7 Å². The Kier molecular flexibility index (Phi) is 10.3. The van der Waals surface area contributed by atoms with Crippen LogP contribution >= 0.6 is 0 Å². The van der Waals surface area contributed by atoms with Gasteiger partial charge < -0.3 is 19.7 Å². The molecule has 3 atom stereocenters. The van der Waals surface area contributed by atoms with Crippen molar-refractivity contribution in [3.8, 4) is 0 Å². The topological polar surface area (TPSA) is 93.1 Å². The van der Waals surface area contributed by atoms with Crippen molar-refractivity contribution in [2.45, 2.75) is 85.2 Å². The van der Waals surface area contributed by atoms with Crippen LogP contribution in [0.3, 0.4) is 0 Å². The van der Waals surface area contributed by atoms with Gasteiger partial charge in [-0.25, -0.2) is 4.79 Å². The number of ether oxygens (including phenoxy) is 2. The molecule has 1 heterocycles. The molecule has 1 aliphatic heterocycles. The van der Waals surface area contributed by atoms with Gasteiger partial charge in [0.15, 0.2) is 11.9 Å². The third-order valence-electron chi connectivity index (χ3n) is 5.02. The molecule has 0 aromatic rings. The molecule has 0 spiro atoms. The van der Waals surface area contributed by atoms with E-state index in [9.17, 15) is 19.8 Å². The molecule has 0 saturated heterocycles. The van der Waals surface area contributed by atoms with Gasteiger partial charge in [-0.05, 0) is 17.8 Å². The highest BCUT2D eigenvalue weighted by Gasteiger charge is 2.34. The van der Waals surface area contributed by atoms with Gasteiger partial charge in [0, 0.05) is 12.8 Å². The zero-order chi connectivity index (χ0) is 20.4. The Morgan fingerprint density at radius 1 is 1.04 bits per heavy atom. The number of aliphatic hydroxyl groups excluding tert-OH is 2. The lowest BCUT2D eigenvalue weighted by atomic mass is 9.93. The first kappa shape index (κ1) is 23.3. The van der Waals surface area contributed by atoms with Crippen LogP contribution in [0.2, 0.25) is 0 Å². The molecule has 6 nitrogen and oxygen atoms in total. The van der Waals surface area contributed by atoms with E-state index in [-0.39, 0.29) is 24.9 Å². The highest BCUT2D eigenvalue weighted by molar-refractivity contribution is 5.88. The molecule has 1 rings (SSSR count). The fourth-order valence-corrected chi connectivity index (χ4v) is 3.25. The van der Waals surface area contributed by atoms with Gasteiger partial charge in [-0.2, -0.15) is 0 Å². The number of carbonyl (C=O) groups is 2. The van der Waals surface area contributed by atoms with Crippen molar-refractivity contribution >= 4 is 11.9 Å². The van der Waals surface area contributed by atoms with Crippen molar-refractivity contribution in [1.82, 2.24) is 0 Å². The molecule has 2 N–H and O–H groups in total. The molecule has 27 heavy (non-hydrogen) atoms. The maximum Gasteiger partial charge on any atom is 0.377 e. The number of cyclic esters (lactones) is 1. The van der Waals surface area contributed by atoms with Crippen molar-refractivity contribution in [2.24, 2.45) is 17.8 Å². The van der Waals surface area contributed by atoms with Crippen molar-refractivity contribution in [1.29, 1.82) is 0 Å².